The first kappa shape index (κ1) is 14.3. The number of aliphatic hydroxyl groups is 1. The monoisotopic (exact) mass is 280 g/mol. The van der Waals surface area contributed by atoms with Gasteiger partial charge in [-0.1, -0.05) is 42.0 Å². The van der Waals surface area contributed by atoms with Crippen molar-refractivity contribution in [2.75, 3.05) is 0 Å². The SMILES string of the molecule is Cc1cc(C)c(C(O)C2CCCc3ccccc32)c(C)c1. The Kier molecular flexibility index (Phi) is 3.86. The molecule has 0 aliphatic heterocycles. The van der Waals surface area contributed by atoms with Crippen molar-refractivity contribution in [3.8, 4) is 0 Å². The molecule has 1 aliphatic carbocycles. The number of benzene rings is 2. The van der Waals surface area contributed by atoms with Crippen LogP contribution < -0.4 is 0 Å². The van der Waals surface area contributed by atoms with Gasteiger partial charge in [-0.2, -0.15) is 0 Å². The lowest BCUT2D eigenvalue weighted by atomic mass is 9.76. The van der Waals surface area contributed by atoms with E-state index in [2.05, 4.69) is 57.2 Å². The molecule has 1 aliphatic rings. The van der Waals surface area contributed by atoms with Gasteiger partial charge < -0.3 is 5.11 Å². The lowest BCUT2D eigenvalue weighted by molar-refractivity contribution is 0.134. The highest BCUT2D eigenvalue weighted by Gasteiger charge is 2.29. The summed E-state index contributed by atoms with van der Waals surface area (Å²) in [5.41, 5.74) is 7.57. The molecule has 0 heterocycles. The molecule has 110 valence electrons. The van der Waals surface area contributed by atoms with Crippen molar-refractivity contribution in [1.29, 1.82) is 0 Å². The fourth-order valence-corrected chi connectivity index (χ4v) is 3.98. The summed E-state index contributed by atoms with van der Waals surface area (Å²) in [5.74, 6) is 0.232. The average Bonchev–Trinajstić information content (AvgIpc) is 2.45. The lowest BCUT2D eigenvalue weighted by Gasteiger charge is -2.31. The van der Waals surface area contributed by atoms with Crippen molar-refractivity contribution in [2.45, 2.75) is 52.1 Å². The maximum Gasteiger partial charge on any atom is 0.0863 e. The highest BCUT2D eigenvalue weighted by atomic mass is 16.3. The predicted octanol–water partition coefficient (Wildman–Crippen LogP) is 4.77. The van der Waals surface area contributed by atoms with E-state index < -0.39 is 6.10 Å². The number of aliphatic hydroxyl groups excluding tert-OH is 1. The van der Waals surface area contributed by atoms with Gasteiger partial charge in [0.15, 0.2) is 0 Å². The minimum Gasteiger partial charge on any atom is -0.388 e. The summed E-state index contributed by atoms with van der Waals surface area (Å²) < 4.78 is 0. The predicted molar refractivity (Wildman–Crippen MR) is 87.7 cm³/mol. The molecule has 2 unspecified atom stereocenters. The van der Waals surface area contributed by atoms with Gasteiger partial charge in [-0.3, -0.25) is 0 Å². The van der Waals surface area contributed by atoms with Crippen molar-refractivity contribution in [2.24, 2.45) is 0 Å². The highest BCUT2D eigenvalue weighted by Crippen LogP contribution is 2.42. The largest absolute Gasteiger partial charge is 0.388 e. The van der Waals surface area contributed by atoms with Gasteiger partial charge in [0.05, 0.1) is 6.10 Å². The van der Waals surface area contributed by atoms with E-state index >= 15 is 0 Å². The van der Waals surface area contributed by atoms with E-state index in [4.69, 9.17) is 0 Å². The molecule has 0 spiro atoms. The van der Waals surface area contributed by atoms with Gasteiger partial charge in [-0.25, -0.2) is 0 Å². The minimum absolute atomic E-state index is 0.232. The number of aryl methyl sites for hydroxylation is 4. The topological polar surface area (TPSA) is 20.2 Å². The van der Waals surface area contributed by atoms with Gasteiger partial charge >= 0.3 is 0 Å². The first-order valence-corrected chi connectivity index (χ1v) is 7.91. The first-order valence-electron chi connectivity index (χ1n) is 7.91. The van der Waals surface area contributed by atoms with E-state index in [9.17, 15) is 5.11 Å². The Hall–Kier alpha value is -1.60. The molecule has 0 aromatic heterocycles. The molecule has 0 saturated carbocycles. The average molecular weight is 280 g/mol. The Bertz CT molecular complexity index is 634. The van der Waals surface area contributed by atoms with E-state index in [1.165, 1.54) is 34.2 Å². The van der Waals surface area contributed by atoms with Crippen LogP contribution in [0.15, 0.2) is 36.4 Å². The minimum atomic E-state index is -0.396. The van der Waals surface area contributed by atoms with Crippen LogP contribution in [-0.2, 0) is 6.42 Å². The van der Waals surface area contributed by atoms with E-state index in [-0.39, 0.29) is 5.92 Å². The fraction of sp³-hybridized carbons (Fsp3) is 0.400. The van der Waals surface area contributed by atoms with Gasteiger partial charge in [0.25, 0.3) is 0 Å². The molecule has 0 fully saturated rings. The normalized spacial score (nSPS) is 19.1. The summed E-state index contributed by atoms with van der Waals surface area (Å²) >= 11 is 0. The van der Waals surface area contributed by atoms with Crippen LogP contribution in [0.1, 0.15) is 58.2 Å². The molecule has 0 amide bonds. The molecule has 2 aromatic rings. The van der Waals surface area contributed by atoms with Gasteiger partial charge in [0.1, 0.15) is 0 Å². The molecule has 2 aromatic carbocycles. The van der Waals surface area contributed by atoms with Crippen LogP contribution in [0, 0.1) is 20.8 Å². The van der Waals surface area contributed by atoms with E-state index in [0.717, 1.165) is 18.4 Å². The first-order chi connectivity index (χ1) is 10.1. The van der Waals surface area contributed by atoms with Crippen molar-refractivity contribution in [3.05, 3.63) is 69.8 Å². The molecule has 3 rings (SSSR count). The van der Waals surface area contributed by atoms with Crippen LogP contribution in [0.4, 0.5) is 0 Å². The molecule has 1 nitrogen and oxygen atoms in total. The Labute approximate surface area is 127 Å². The second kappa shape index (κ2) is 5.65. The molecule has 1 heteroatoms. The highest BCUT2D eigenvalue weighted by molar-refractivity contribution is 5.42. The second-order valence-corrected chi connectivity index (χ2v) is 6.45. The Morgan fingerprint density at radius 2 is 1.71 bits per heavy atom. The summed E-state index contributed by atoms with van der Waals surface area (Å²) in [6.45, 7) is 6.35. The van der Waals surface area contributed by atoms with Crippen molar-refractivity contribution in [1.82, 2.24) is 0 Å². The summed E-state index contributed by atoms with van der Waals surface area (Å²) in [7, 11) is 0. The quantitative estimate of drug-likeness (QED) is 0.840. The summed E-state index contributed by atoms with van der Waals surface area (Å²) in [4.78, 5) is 0. The van der Waals surface area contributed by atoms with E-state index in [1.54, 1.807) is 0 Å². The molecule has 1 N–H and O–H groups in total. The zero-order chi connectivity index (χ0) is 15.0. The van der Waals surface area contributed by atoms with Crippen molar-refractivity contribution in [3.63, 3.8) is 0 Å². The second-order valence-electron chi connectivity index (χ2n) is 6.45. The third-order valence-corrected chi connectivity index (χ3v) is 4.83. The number of rotatable bonds is 2. The summed E-state index contributed by atoms with van der Waals surface area (Å²) in [6, 6.07) is 13.0. The zero-order valence-electron chi connectivity index (χ0n) is 13.2. The van der Waals surface area contributed by atoms with Crippen LogP contribution in [0.2, 0.25) is 0 Å². The maximum absolute atomic E-state index is 11.0. The molecule has 0 bridgehead atoms. The van der Waals surface area contributed by atoms with Crippen molar-refractivity contribution < 1.29 is 5.11 Å². The molecule has 0 radical (unpaired) electrons. The third kappa shape index (κ3) is 2.63. The standard InChI is InChI=1S/C20H24O/c1-13-11-14(2)19(15(3)12-13)20(21)18-10-6-8-16-7-4-5-9-17(16)18/h4-5,7,9,11-12,18,20-21H,6,8,10H2,1-3H3. The molecular formula is C20H24O. The maximum atomic E-state index is 11.0. The van der Waals surface area contributed by atoms with Crippen LogP contribution in [0.5, 0.6) is 0 Å². The third-order valence-electron chi connectivity index (χ3n) is 4.83. The molecule has 0 saturated heterocycles. The van der Waals surface area contributed by atoms with E-state index in [0.29, 0.717) is 0 Å². The van der Waals surface area contributed by atoms with Gasteiger partial charge in [0, 0.05) is 5.92 Å². The molecule has 21 heavy (non-hydrogen) atoms. The van der Waals surface area contributed by atoms with Crippen LogP contribution in [0.25, 0.3) is 0 Å². The zero-order valence-corrected chi connectivity index (χ0v) is 13.2. The number of fused-ring (bicyclic) bond motifs is 1. The van der Waals surface area contributed by atoms with Gasteiger partial charge in [-0.15, -0.1) is 0 Å². The van der Waals surface area contributed by atoms with Gasteiger partial charge in [-0.05, 0) is 67.9 Å². The van der Waals surface area contributed by atoms with Gasteiger partial charge in [0.2, 0.25) is 0 Å². The smallest absolute Gasteiger partial charge is 0.0863 e. The Balaban J connectivity index is 2.03. The molecular weight excluding hydrogens is 256 g/mol. The number of hydrogen-bond acceptors (Lipinski definition) is 1. The fourth-order valence-electron chi connectivity index (χ4n) is 3.98. The Morgan fingerprint density at radius 1 is 1.05 bits per heavy atom. The van der Waals surface area contributed by atoms with Crippen LogP contribution >= 0.6 is 0 Å². The lowest BCUT2D eigenvalue weighted by Crippen LogP contribution is -2.18. The van der Waals surface area contributed by atoms with E-state index in [1.807, 2.05) is 0 Å². The Morgan fingerprint density at radius 3 is 2.43 bits per heavy atom. The molecule has 2 atom stereocenters. The summed E-state index contributed by atoms with van der Waals surface area (Å²) in [5, 5.41) is 11.0. The van der Waals surface area contributed by atoms with Crippen molar-refractivity contribution >= 4 is 0 Å². The summed E-state index contributed by atoms with van der Waals surface area (Å²) in [6.07, 6.45) is 2.99. The van der Waals surface area contributed by atoms with Crippen LogP contribution in [0.3, 0.4) is 0 Å². The van der Waals surface area contributed by atoms with Crippen LogP contribution in [-0.4, -0.2) is 5.11 Å². The number of hydrogen-bond donors (Lipinski definition) is 1.